The van der Waals surface area contributed by atoms with E-state index in [0.29, 0.717) is 0 Å². The van der Waals surface area contributed by atoms with Crippen LogP contribution in [0.3, 0.4) is 0 Å². The van der Waals surface area contributed by atoms with Crippen LogP contribution in [0.15, 0.2) is 17.0 Å². The topological polar surface area (TPSA) is 41.8 Å². The van der Waals surface area contributed by atoms with E-state index in [0.717, 1.165) is 0 Å². The molecular formula is C4H5NO2. The highest BCUT2D eigenvalue weighted by molar-refractivity contribution is 5.71. The van der Waals surface area contributed by atoms with E-state index in [1.165, 1.54) is 12.3 Å². The van der Waals surface area contributed by atoms with Gasteiger partial charge in [-0.1, -0.05) is 0 Å². The van der Waals surface area contributed by atoms with Crippen molar-refractivity contribution in [1.29, 1.82) is 0 Å². The summed E-state index contributed by atoms with van der Waals surface area (Å²) in [6, 6.07) is 0. The number of aliphatic hydroxyl groups excluding tert-OH is 1. The quantitative estimate of drug-likeness (QED) is 0.479. The van der Waals surface area contributed by atoms with Crippen LogP contribution in [0.5, 0.6) is 0 Å². The molecule has 3 nitrogen and oxygen atoms in total. The summed E-state index contributed by atoms with van der Waals surface area (Å²) < 4.78 is 4.50. The third kappa shape index (κ3) is 0.924. The molecule has 0 saturated heterocycles. The number of rotatable bonds is 0. The number of hydrogen-bond acceptors (Lipinski definition) is 3. The Morgan fingerprint density at radius 1 is 1.86 bits per heavy atom. The lowest BCUT2D eigenvalue weighted by atomic mass is 10.6. The molecule has 1 heterocycles. The Morgan fingerprint density at radius 3 is 3.00 bits per heavy atom. The van der Waals surface area contributed by atoms with Crippen LogP contribution in [-0.2, 0) is 4.74 Å². The predicted molar refractivity (Wildman–Crippen MR) is 25.2 cm³/mol. The zero-order valence-corrected chi connectivity index (χ0v) is 3.66. The Morgan fingerprint density at radius 2 is 2.71 bits per heavy atom. The smallest absolute Gasteiger partial charge is 0.279 e. The summed E-state index contributed by atoms with van der Waals surface area (Å²) in [7, 11) is 0. The molecule has 1 rings (SSSR count). The molecule has 0 aromatic rings. The average Bonchev–Trinajstić information content (AvgIpc) is 1.69. The third-order valence-electron chi connectivity index (χ3n) is 0.609. The molecule has 0 amide bonds. The molecule has 7 heavy (non-hydrogen) atoms. The van der Waals surface area contributed by atoms with Crippen LogP contribution < -0.4 is 0 Å². The van der Waals surface area contributed by atoms with E-state index in [1.807, 2.05) is 0 Å². The summed E-state index contributed by atoms with van der Waals surface area (Å²) in [5.74, 6) is -0.0602. The van der Waals surface area contributed by atoms with E-state index in [1.54, 1.807) is 0 Å². The third-order valence-corrected chi connectivity index (χ3v) is 0.609. The Bertz CT molecular complexity index is 117. The lowest BCUT2D eigenvalue weighted by Gasteiger charge is -2.01. The number of hydrogen-bond donors (Lipinski definition) is 1. The van der Waals surface area contributed by atoms with Crippen molar-refractivity contribution >= 4 is 6.21 Å². The molecule has 0 aliphatic carbocycles. The van der Waals surface area contributed by atoms with Gasteiger partial charge in [0.2, 0.25) is 0 Å². The maximum Gasteiger partial charge on any atom is 0.279 e. The molecule has 0 fully saturated rings. The summed E-state index contributed by atoms with van der Waals surface area (Å²) >= 11 is 0. The largest absolute Gasteiger partial charge is 0.481 e. The first-order chi connectivity index (χ1) is 3.39. The Labute approximate surface area is 40.9 Å². The van der Waals surface area contributed by atoms with E-state index < -0.39 is 0 Å². The number of ether oxygens (including phenoxy) is 1. The number of aliphatic hydroxyl groups is 1. The van der Waals surface area contributed by atoms with Crippen molar-refractivity contribution in [2.24, 2.45) is 4.99 Å². The molecule has 0 bridgehead atoms. The molecule has 1 N–H and O–H groups in total. The van der Waals surface area contributed by atoms with Crippen molar-refractivity contribution in [3.8, 4) is 0 Å². The molecule has 0 radical (unpaired) electrons. The normalized spacial score (nSPS) is 18.0. The fourth-order valence-corrected chi connectivity index (χ4v) is 0.311. The van der Waals surface area contributed by atoms with Gasteiger partial charge in [-0.05, 0) is 0 Å². The maximum atomic E-state index is 8.46. The van der Waals surface area contributed by atoms with Crippen molar-refractivity contribution in [2.75, 3.05) is 6.73 Å². The van der Waals surface area contributed by atoms with Gasteiger partial charge >= 0.3 is 0 Å². The standard InChI is InChI=1S/C4H5NO2/c6-4-1-2-5-3-7-4/h1-2,6H,3H2. The zero-order valence-electron chi connectivity index (χ0n) is 3.66. The van der Waals surface area contributed by atoms with Gasteiger partial charge in [-0.15, -0.1) is 0 Å². The minimum Gasteiger partial charge on any atom is -0.481 e. The van der Waals surface area contributed by atoms with Gasteiger partial charge in [0.15, 0.2) is 6.73 Å². The second-order valence-electron chi connectivity index (χ2n) is 1.11. The first-order valence-electron chi connectivity index (χ1n) is 1.91. The van der Waals surface area contributed by atoms with Crippen LogP contribution in [0.1, 0.15) is 0 Å². The summed E-state index contributed by atoms with van der Waals surface area (Å²) in [6.45, 7) is 0.238. The van der Waals surface area contributed by atoms with E-state index in [2.05, 4.69) is 9.73 Å². The summed E-state index contributed by atoms with van der Waals surface area (Å²) in [6.07, 6.45) is 2.89. The molecule has 0 atom stereocenters. The molecule has 0 aromatic heterocycles. The molecule has 1 aliphatic heterocycles. The van der Waals surface area contributed by atoms with Crippen LogP contribution in [0.25, 0.3) is 0 Å². The van der Waals surface area contributed by atoms with Crippen molar-refractivity contribution in [1.82, 2.24) is 0 Å². The van der Waals surface area contributed by atoms with Gasteiger partial charge in [0.1, 0.15) is 0 Å². The van der Waals surface area contributed by atoms with E-state index in [-0.39, 0.29) is 12.7 Å². The summed E-state index contributed by atoms with van der Waals surface area (Å²) in [4.78, 5) is 3.64. The van der Waals surface area contributed by atoms with Gasteiger partial charge in [0.25, 0.3) is 5.95 Å². The van der Waals surface area contributed by atoms with Crippen LogP contribution in [0.2, 0.25) is 0 Å². The SMILES string of the molecule is OC1=CC=NCO1. The van der Waals surface area contributed by atoms with Gasteiger partial charge in [-0.2, -0.15) is 0 Å². The molecule has 0 unspecified atom stereocenters. The molecule has 38 valence electrons. The lowest BCUT2D eigenvalue weighted by Crippen LogP contribution is -1.96. The van der Waals surface area contributed by atoms with E-state index in [4.69, 9.17) is 5.11 Å². The molecule has 1 aliphatic rings. The van der Waals surface area contributed by atoms with Gasteiger partial charge in [0.05, 0.1) is 0 Å². The fourth-order valence-electron chi connectivity index (χ4n) is 0.311. The highest BCUT2D eigenvalue weighted by atomic mass is 16.6. The number of nitrogens with zero attached hydrogens (tertiary/aromatic N) is 1. The van der Waals surface area contributed by atoms with E-state index in [9.17, 15) is 0 Å². The average molecular weight is 99.1 g/mol. The van der Waals surface area contributed by atoms with Crippen LogP contribution in [0, 0.1) is 0 Å². The second kappa shape index (κ2) is 1.64. The van der Waals surface area contributed by atoms with Crippen molar-refractivity contribution in [2.45, 2.75) is 0 Å². The lowest BCUT2D eigenvalue weighted by molar-refractivity contribution is 0.0966. The van der Waals surface area contributed by atoms with E-state index >= 15 is 0 Å². The second-order valence-corrected chi connectivity index (χ2v) is 1.11. The van der Waals surface area contributed by atoms with Gasteiger partial charge < -0.3 is 9.84 Å². The van der Waals surface area contributed by atoms with Crippen LogP contribution in [0.4, 0.5) is 0 Å². The minimum atomic E-state index is -0.0602. The highest BCUT2D eigenvalue weighted by Crippen LogP contribution is 1.93. The molecule has 3 heteroatoms. The number of allylic oxidation sites excluding steroid dienone is 1. The highest BCUT2D eigenvalue weighted by Gasteiger charge is 1.91. The van der Waals surface area contributed by atoms with Crippen molar-refractivity contribution < 1.29 is 9.84 Å². The minimum absolute atomic E-state index is 0.0602. The fraction of sp³-hybridized carbons (Fsp3) is 0.250. The Balaban J connectivity index is 2.57. The Hall–Kier alpha value is -0.990. The molecule has 0 aromatic carbocycles. The van der Waals surface area contributed by atoms with Crippen LogP contribution in [-0.4, -0.2) is 18.1 Å². The molecule has 0 spiro atoms. The molecular weight excluding hydrogens is 94.0 g/mol. The van der Waals surface area contributed by atoms with Gasteiger partial charge in [-0.3, -0.25) is 4.99 Å². The monoisotopic (exact) mass is 99.0 g/mol. The molecule has 0 saturated carbocycles. The van der Waals surface area contributed by atoms with Crippen molar-refractivity contribution in [3.05, 3.63) is 12.0 Å². The number of aliphatic imine (C=N–C) groups is 1. The summed E-state index contributed by atoms with van der Waals surface area (Å²) in [5, 5.41) is 8.46. The zero-order chi connectivity index (χ0) is 5.11. The van der Waals surface area contributed by atoms with Gasteiger partial charge in [0, 0.05) is 12.3 Å². The Kier molecular flexibility index (Phi) is 0.978. The summed E-state index contributed by atoms with van der Waals surface area (Å²) in [5.41, 5.74) is 0. The first-order valence-corrected chi connectivity index (χ1v) is 1.91. The van der Waals surface area contributed by atoms with Crippen molar-refractivity contribution in [3.63, 3.8) is 0 Å². The maximum absolute atomic E-state index is 8.46. The predicted octanol–water partition coefficient (Wildman–Crippen LogP) is 0.444. The first kappa shape index (κ1) is 4.18. The van der Waals surface area contributed by atoms with Gasteiger partial charge in [-0.25, -0.2) is 0 Å². The van der Waals surface area contributed by atoms with Crippen LogP contribution >= 0.6 is 0 Å².